The van der Waals surface area contributed by atoms with Crippen LogP contribution in [-0.2, 0) is 14.1 Å². The quantitative estimate of drug-likeness (QED) is 0.356. The molecule has 0 unspecified atom stereocenters. The molecule has 0 bridgehead atoms. The number of nitriles is 1. The molecule has 5 aromatic rings. The Kier molecular flexibility index (Phi) is 9.16. The molecule has 37 heavy (non-hydrogen) atoms. The van der Waals surface area contributed by atoms with E-state index in [9.17, 15) is 4.79 Å². The van der Waals surface area contributed by atoms with Crippen molar-refractivity contribution in [1.82, 2.24) is 34.5 Å². The van der Waals surface area contributed by atoms with Gasteiger partial charge in [-0.25, -0.2) is 0 Å². The van der Waals surface area contributed by atoms with Gasteiger partial charge in [-0.1, -0.05) is 0 Å². The molecule has 5 aromatic heterocycles. The van der Waals surface area contributed by atoms with Gasteiger partial charge < -0.3 is 11.5 Å². The highest BCUT2D eigenvalue weighted by Gasteiger charge is 2.04. The smallest absolute Gasteiger partial charge is 0.177 e. The van der Waals surface area contributed by atoms with E-state index in [0.29, 0.717) is 17.2 Å². The Bertz CT molecular complexity index is 1440. The van der Waals surface area contributed by atoms with Gasteiger partial charge >= 0.3 is 0 Å². The summed E-state index contributed by atoms with van der Waals surface area (Å²) in [6.45, 7) is 0. The molecule has 5 rings (SSSR count). The van der Waals surface area contributed by atoms with Gasteiger partial charge in [0.1, 0.15) is 11.6 Å². The fraction of sp³-hybridized carbons (Fsp3) is 0.115. The van der Waals surface area contributed by atoms with Crippen molar-refractivity contribution >= 4 is 17.4 Å². The minimum absolute atomic E-state index is 0.0655. The predicted molar refractivity (Wildman–Crippen MR) is 141 cm³/mol. The molecule has 4 N–H and O–H groups in total. The van der Waals surface area contributed by atoms with E-state index in [1.54, 1.807) is 52.4 Å². The number of pyridine rings is 3. The first-order valence-corrected chi connectivity index (χ1v) is 11.1. The number of nitrogens with two attached hydrogens (primary N) is 2. The average Bonchev–Trinajstić information content (AvgIpc) is 3.46. The summed E-state index contributed by atoms with van der Waals surface area (Å²) < 4.78 is 3.40. The molecule has 0 radical (unpaired) electrons. The van der Waals surface area contributed by atoms with Gasteiger partial charge in [-0.3, -0.25) is 29.1 Å². The molecule has 0 amide bonds. The van der Waals surface area contributed by atoms with Gasteiger partial charge in [0.2, 0.25) is 0 Å². The molecule has 0 fully saturated rings. The van der Waals surface area contributed by atoms with E-state index in [1.165, 1.54) is 12.4 Å². The van der Waals surface area contributed by atoms with Crippen molar-refractivity contribution in [2.45, 2.75) is 6.42 Å². The van der Waals surface area contributed by atoms with Crippen LogP contribution in [0, 0.1) is 11.3 Å². The number of aryl methyl sites for hydroxylation is 2. The molecule has 0 aliphatic carbocycles. The number of hydrogen-bond acceptors (Lipinski definition) is 9. The van der Waals surface area contributed by atoms with Crippen molar-refractivity contribution in [3.63, 3.8) is 0 Å². The number of aromatic nitrogens is 7. The van der Waals surface area contributed by atoms with Gasteiger partial charge in [0.15, 0.2) is 5.78 Å². The number of anilines is 2. The van der Waals surface area contributed by atoms with Crippen LogP contribution in [0.4, 0.5) is 11.6 Å². The maximum absolute atomic E-state index is 11.0. The van der Waals surface area contributed by atoms with Crippen LogP contribution in [0.5, 0.6) is 0 Å². The highest BCUT2D eigenvalue weighted by atomic mass is 16.1. The number of Topliss-reactive ketones (excluding diaryl/α,β-unsaturated/α-hetero) is 1. The summed E-state index contributed by atoms with van der Waals surface area (Å²) in [4.78, 5) is 22.6. The summed E-state index contributed by atoms with van der Waals surface area (Å²) >= 11 is 0. The number of hydrogen-bond donors (Lipinski definition) is 2. The lowest BCUT2D eigenvalue weighted by molar-refractivity contribution is 0.0997. The Morgan fingerprint density at radius 3 is 1.81 bits per heavy atom. The van der Waals surface area contributed by atoms with E-state index >= 15 is 0 Å². The van der Waals surface area contributed by atoms with Crippen LogP contribution in [0.25, 0.3) is 22.5 Å². The highest BCUT2D eigenvalue weighted by Crippen LogP contribution is 2.19. The van der Waals surface area contributed by atoms with Crippen molar-refractivity contribution in [2.24, 2.45) is 14.1 Å². The second-order valence-electron chi connectivity index (χ2n) is 7.62. The lowest BCUT2D eigenvalue weighted by atomic mass is 10.1. The van der Waals surface area contributed by atoms with E-state index in [4.69, 9.17) is 16.7 Å². The van der Waals surface area contributed by atoms with Crippen molar-refractivity contribution < 1.29 is 4.79 Å². The first kappa shape index (κ1) is 26.2. The number of carbonyl (C=O) groups excluding carboxylic acids is 1. The number of ketones is 1. The first-order chi connectivity index (χ1) is 17.9. The molecule has 0 spiro atoms. The molecule has 11 nitrogen and oxygen atoms in total. The summed E-state index contributed by atoms with van der Waals surface area (Å²) in [5, 5.41) is 16.5. The summed E-state index contributed by atoms with van der Waals surface area (Å²) in [5.74, 6) is 1.04. The van der Waals surface area contributed by atoms with E-state index < -0.39 is 0 Å². The van der Waals surface area contributed by atoms with E-state index in [1.807, 2.05) is 50.5 Å². The molecule has 0 aromatic carbocycles. The van der Waals surface area contributed by atoms with Crippen molar-refractivity contribution in [3.8, 4) is 28.6 Å². The van der Waals surface area contributed by atoms with Crippen molar-refractivity contribution in [1.29, 1.82) is 5.26 Å². The van der Waals surface area contributed by atoms with E-state index in [0.717, 1.165) is 22.5 Å². The zero-order chi connectivity index (χ0) is 26.6. The second-order valence-corrected chi connectivity index (χ2v) is 7.62. The van der Waals surface area contributed by atoms with Crippen molar-refractivity contribution in [3.05, 3.63) is 91.3 Å². The Hall–Kier alpha value is -5.37. The summed E-state index contributed by atoms with van der Waals surface area (Å²) in [6.07, 6.45) is 9.97. The lowest BCUT2D eigenvalue weighted by Crippen LogP contribution is -1.96. The third kappa shape index (κ3) is 7.56. The standard InChI is InChI=1S/2C9H10N4.C8H6N2O/c1-13-8(6-9(10)12-13)7-2-4-11-5-3-7;1-13-9(10)6-8(12-13)7-2-4-11-5-3-7;9-4-1-8(11)7-2-5-10-6-3-7/h2-6H,1H3,(H2,10,12);2-6H,10H2,1H3;2-3,5-6H,1H2. The van der Waals surface area contributed by atoms with E-state index in [2.05, 4.69) is 25.1 Å². The third-order valence-corrected chi connectivity index (χ3v) is 5.01. The highest BCUT2D eigenvalue weighted by molar-refractivity contribution is 5.97. The van der Waals surface area contributed by atoms with Gasteiger partial charge in [-0.05, 0) is 36.4 Å². The fourth-order valence-electron chi connectivity index (χ4n) is 3.14. The number of carbonyl (C=O) groups is 1. The molecule has 0 aliphatic rings. The average molecular weight is 495 g/mol. The van der Waals surface area contributed by atoms with Crippen LogP contribution in [-0.4, -0.2) is 40.3 Å². The molecule has 11 heteroatoms. The fourth-order valence-corrected chi connectivity index (χ4v) is 3.14. The first-order valence-electron chi connectivity index (χ1n) is 11.1. The van der Waals surface area contributed by atoms with Crippen LogP contribution >= 0.6 is 0 Å². The van der Waals surface area contributed by atoms with E-state index in [-0.39, 0.29) is 12.2 Å². The molecule has 5 heterocycles. The monoisotopic (exact) mass is 494 g/mol. The van der Waals surface area contributed by atoms with Gasteiger partial charge in [0.25, 0.3) is 0 Å². The van der Waals surface area contributed by atoms with Gasteiger partial charge in [0.05, 0.1) is 23.9 Å². The van der Waals surface area contributed by atoms with Crippen LogP contribution in [0.3, 0.4) is 0 Å². The van der Waals surface area contributed by atoms with Crippen LogP contribution in [0.15, 0.2) is 85.7 Å². The molecule has 0 atom stereocenters. The SMILES string of the molecule is Cn1nc(-c2ccncc2)cc1N.Cn1nc(N)cc1-c1ccncc1.N#CCC(=O)c1ccncc1. The van der Waals surface area contributed by atoms with Gasteiger partial charge in [-0.2, -0.15) is 15.5 Å². The molecule has 0 saturated heterocycles. The lowest BCUT2D eigenvalue weighted by Gasteiger charge is -1.99. The Labute approximate surface area is 214 Å². The zero-order valence-electron chi connectivity index (χ0n) is 20.4. The maximum Gasteiger partial charge on any atom is 0.177 e. The molecule has 0 saturated carbocycles. The van der Waals surface area contributed by atoms with Crippen LogP contribution in [0.2, 0.25) is 0 Å². The largest absolute Gasteiger partial charge is 0.384 e. The molecule has 186 valence electrons. The normalized spacial score (nSPS) is 9.76. The second kappa shape index (κ2) is 12.9. The third-order valence-electron chi connectivity index (χ3n) is 5.01. The Balaban J connectivity index is 0.000000155. The summed E-state index contributed by atoms with van der Waals surface area (Å²) in [5.41, 5.74) is 15.8. The predicted octanol–water partition coefficient (Wildman–Crippen LogP) is 3.31. The van der Waals surface area contributed by atoms with Gasteiger partial charge in [0, 0.05) is 80.1 Å². The van der Waals surface area contributed by atoms with Gasteiger partial charge in [-0.15, -0.1) is 0 Å². The summed E-state index contributed by atoms with van der Waals surface area (Å²) in [6, 6.07) is 16.3. The molecular formula is C26H26N10O. The van der Waals surface area contributed by atoms with Crippen LogP contribution < -0.4 is 11.5 Å². The summed E-state index contributed by atoms with van der Waals surface area (Å²) in [7, 11) is 3.69. The Morgan fingerprint density at radius 1 is 0.811 bits per heavy atom. The Morgan fingerprint density at radius 2 is 1.35 bits per heavy atom. The number of nitrogen functional groups attached to an aromatic ring is 2. The van der Waals surface area contributed by atoms with Crippen molar-refractivity contribution in [2.75, 3.05) is 11.5 Å². The topological polar surface area (TPSA) is 167 Å². The molecular weight excluding hydrogens is 468 g/mol. The number of nitrogens with zero attached hydrogens (tertiary/aromatic N) is 8. The minimum Gasteiger partial charge on any atom is -0.384 e. The van der Waals surface area contributed by atoms with Crippen LogP contribution in [0.1, 0.15) is 16.8 Å². The maximum atomic E-state index is 11.0. The molecule has 0 aliphatic heterocycles. The minimum atomic E-state index is -0.157. The number of rotatable bonds is 4. The zero-order valence-corrected chi connectivity index (χ0v) is 20.4.